The zero-order chi connectivity index (χ0) is 19.7. The summed E-state index contributed by atoms with van der Waals surface area (Å²) in [5.74, 6) is 0.123. The molecular formula is C23H28ClN3O. The number of hydrogen-bond donors (Lipinski definition) is 1. The van der Waals surface area contributed by atoms with Crippen LogP contribution in [0.3, 0.4) is 0 Å². The summed E-state index contributed by atoms with van der Waals surface area (Å²) in [6.45, 7) is 6.83. The van der Waals surface area contributed by atoms with E-state index in [1.165, 1.54) is 11.3 Å². The van der Waals surface area contributed by atoms with Crippen LogP contribution in [0.1, 0.15) is 25.8 Å². The lowest BCUT2D eigenvalue weighted by atomic mass is 9.83. The average molecular weight is 398 g/mol. The molecule has 2 aromatic carbocycles. The maximum atomic E-state index is 13.2. The summed E-state index contributed by atoms with van der Waals surface area (Å²) in [6, 6.07) is 16.9. The number of para-hydroxylation sites is 1. The molecule has 4 rings (SSSR count). The SMILES string of the molecule is CC[C@H](C)NC(=O)[C@@H]1Cc2ccccc2N2CCN(c3cccc(Cl)c3)C[C@@H]12. The molecule has 0 spiro atoms. The van der Waals surface area contributed by atoms with Gasteiger partial charge in [0.1, 0.15) is 0 Å². The van der Waals surface area contributed by atoms with Gasteiger partial charge in [-0.25, -0.2) is 0 Å². The van der Waals surface area contributed by atoms with Crippen LogP contribution in [0.15, 0.2) is 48.5 Å². The van der Waals surface area contributed by atoms with E-state index in [1.54, 1.807) is 0 Å². The molecule has 148 valence electrons. The number of halogens is 1. The second kappa shape index (κ2) is 8.04. The lowest BCUT2D eigenvalue weighted by Gasteiger charge is -2.49. The number of benzene rings is 2. The van der Waals surface area contributed by atoms with E-state index in [2.05, 4.69) is 59.3 Å². The summed E-state index contributed by atoms with van der Waals surface area (Å²) < 4.78 is 0. The summed E-state index contributed by atoms with van der Waals surface area (Å²) in [6.07, 6.45) is 1.74. The number of carbonyl (C=O) groups is 1. The lowest BCUT2D eigenvalue weighted by Crippen LogP contribution is -2.61. The highest BCUT2D eigenvalue weighted by Crippen LogP contribution is 2.37. The predicted molar refractivity (Wildman–Crippen MR) is 116 cm³/mol. The topological polar surface area (TPSA) is 35.6 Å². The maximum absolute atomic E-state index is 13.2. The van der Waals surface area contributed by atoms with Crippen molar-refractivity contribution in [1.82, 2.24) is 5.32 Å². The van der Waals surface area contributed by atoms with E-state index < -0.39 is 0 Å². The molecule has 1 saturated heterocycles. The molecule has 0 saturated carbocycles. The Bertz CT molecular complexity index is 855. The molecule has 2 aromatic rings. The number of anilines is 2. The molecule has 0 aliphatic carbocycles. The number of carbonyl (C=O) groups excluding carboxylic acids is 1. The minimum absolute atomic E-state index is 0.0501. The van der Waals surface area contributed by atoms with Crippen LogP contribution in [0, 0.1) is 5.92 Å². The van der Waals surface area contributed by atoms with Crippen molar-refractivity contribution in [2.24, 2.45) is 5.92 Å². The number of amides is 1. The summed E-state index contributed by atoms with van der Waals surface area (Å²) in [5, 5.41) is 3.97. The van der Waals surface area contributed by atoms with Crippen molar-refractivity contribution < 1.29 is 4.79 Å². The fourth-order valence-electron chi connectivity index (χ4n) is 4.42. The van der Waals surface area contributed by atoms with E-state index in [1.807, 2.05) is 18.2 Å². The molecule has 0 bridgehead atoms. The maximum Gasteiger partial charge on any atom is 0.225 e. The number of piperazine rings is 1. The Morgan fingerprint density at radius 2 is 2.04 bits per heavy atom. The molecule has 2 aliphatic heterocycles. The molecule has 4 nitrogen and oxygen atoms in total. The van der Waals surface area contributed by atoms with E-state index in [-0.39, 0.29) is 23.9 Å². The molecule has 1 amide bonds. The molecule has 5 heteroatoms. The van der Waals surface area contributed by atoms with Crippen LogP contribution >= 0.6 is 11.6 Å². The first-order chi connectivity index (χ1) is 13.6. The van der Waals surface area contributed by atoms with Gasteiger partial charge < -0.3 is 15.1 Å². The third-order valence-electron chi connectivity index (χ3n) is 6.14. The van der Waals surface area contributed by atoms with Gasteiger partial charge in [-0.05, 0) is 49.6 Å². The van der Waals surface area contributed by atoms with Crippen LogP contribution < -0.4 is 15.1 Å². The van der Waals surface area contributed by atoms with E-state index >= 15 is 0 Å². The molecular weight excluding hydrogens is 370 g/mol. The van der Waals surface area contributed by atoms with Gasteiger partial charge in [-0.2, -0.15) is 0 Å². The van der Waals surface area contributed by atoms with Crippen molar-refractivity contribution in [2.45, 2.75) is 38.8 Å². The molecule has 0 radical (unpaired) electrons. The number of nitrogens with one attached hydrogen (secondary N) is 1. The number of fused-ring (bicyclic) bond motifs is 3. The van der Waals surface area contributed by atoms with Gasteiger partial charge in [0.15, 0.2) is 0 Å². The Labute approximate surface area is 172 Å². The van der Waals surface area contributed by atoms with E-state index in [4.69, 9.17) is 11.6 Å². The third kappa shape index (κ3) is 3.70. The summed E-state index contributed by atoms with van der Waals surface area (Å²) in [4.78, 5) is 18.0. The van der Waals surface area contributed by atoms with E-state index in [9.17, 15) is 4.79 Å². The average Bonchev–Trinajstić information content (AvgIpc) is 2.72. The predicted octanol–water partition coefficient (Wildman–Crippen LogP) is 4.12. The Hall–Kier alpha value is -2.20. The number of rotatable bonds is 4. The molecule has 1 fully saturated rings. The first-order valence-electron chi connectivity index (χ1n) is 10.2. The largest absolute Gasteiger partial charge is 0.368 e. The zero-order valence-corrected chi connectivity index (χ0v) is 17.3. The Morgan fingerprint density at radius 3 is 2.82 bits per heavy atom. The van der Waals surface area contributed by atoms with Gasteiger partial charge in [-0.3, -0.25) is 4.79 Å². The monoisotopic (exact) mass is 397 g/mol. The first-order valence-corrected chi connectivity index (χ1v) is 10.6. The van der Waals surface area contributed by atoms with Crippen molar-refractivity contribution in [3.8, 4) is 0 Å². The van der Waals surface area contributed by atoms with Crippen molar-refractivity contribution in [1.29, 1.82) is 0 Å². The van der Waals surface area contributed by atoms with Crippen molar-refractivity contribution >= 4 is 28.9 Å². The Morgan fingerprint density at radius 1 is 1.21 bits per heavy atom. The Balaban J connectivity index is 1.64. The molecule has 2 heterocycles. The molecule has 1 N–H and O–H groups in total. The van der Waals surface area contributed by atoms with Crippen LogP contribution in [0.2, 0.25) is 5.02 Å². The van der Waals surface area contributed by atoms with Crippen LogP contribution in [0.5, 0.6) is 0 Å². The summed E-state index contributed by atoms with van der Waals surface area (Å²) in [7, 11) is 0. The smallest absolute Gasteiger partial charge is 0.225 e. The quantitative estimate of drug-likeness (QED) is 0.842. The molecule has 0 aromatic heterocycles. The molecule has 3 atom stereocenters. The van der Waals surface area contributed by atoms with Crippen LogP contribution in [-0.2, 0) is 11.2 Å². The third-order valence-corrected chi connectivity index (χ3v) is 6.37. The standard InChI is InChI=1S/C23H28ClN3O/c1-3-16(2)25-23(28)20-13-17-7-4-5-10-21(17)27-12-11-26(15-22(20)27)19-9-6-8-18(24)14-19/h4-10,14,16,20,22H,3,11-13,15H2,1-2H3,(H,25,28)/t16-,20+,22-/m0/s1. The van der Waals surface area contributed by atoms with Gasteiger partial charge >= 0.3 is 0 Å². The highest BCUT2D eigenvalue weighted by molar-refractivity contribution is 6.30. The van der Waals surface area contributed by atoms with Gasteiger partial charge in [0.05, 0.1) is 12.0 Å². The van der Waals surface area contributed by atoms with Crippen LogP contribution in [0.25, 0.3) is 0 Å². The van der Waals surface area contributed by atoms with Gasteiger partial charge in [-0.1, -0.05) is 42.8 Å². The highest BCUT2D eigenvalue weighted by atomic mass is 35.5. The first kappa shape index (κ1) is 19.1. The van der Waals surface area contributed by atoms with Crippen LogP contribution in [0.4, 0.5) is 11.4 Å². The summed E-state index contributed by atoms with van der Waals surface area (Å²) >= 11 is 6.22. The number of nitrogens with zero attached hydrogens (tertiary/aromatic N) is 2. The minimum Gasteiger partial charge on any atom is -0.368 e. The van der Waals surface area contributed by atoms with Gasteiger partial charge in [-0.15, -0.1) is 0 Å². The van der Waals surface area contributed by atoms with Gasteiger partial charge in [0.2, 0.25) is 5.91 Å². The normalized spacial score (nSPS) is 22.2. The van der Waals surface area contributed by atoms with Gasteiger partial charge in [0.25, 0.3) is 0 Å². The van der Waals surface area contributed by atoms with Crippen LogP contribution in [-0.4, -0.2) is 37.6 Å². The molecule has 0 unspecified atom stereocenters. The fourth-order valence-corrected chi connectivity index (χ4v) is 4.60. The lowest BCUT2D eigenvalue weighted by molar-refractivity contribution is -0.126. The van der Waals surface area contributed by atoms with Crippen molar-refractivity contribution in [3.05, 3.63) is 59.1 Å². The van der Waals surface area contributed by atoms with Crippen molar-refractivity contribution in [2.75, 3.05) is 29.4 Å². The number of hydrogen-bond acceptors (Lipinski definition) is 3. The molecule has 2 aliphatic rings. The van der Waals surface area contributed by atoms with Gasteiger partial charge in [0, 0.05) is 42.1 Å². The fraction of sp³-hybridized carbons (Fsp3) is 0.435. The van der Waals surface area contributed by atoms with E-state index in [0.29, 0.717) is 0 Å². The van der Waals surface area contributed by atoms with Crippen molar-refractivity contribution in [3.63, 3.8) is 0 Å². The Kier molecular flexibility index (Phi) is 5.49. The highest BCUT2D eigenvalue weighted by Gasteiger charge is 2.41. The minimum atomic E-state index is -0.0501. The van der Waals surface area contributed by atoms with E-state index in [0.717, 1.165) is 43.2 Å². The second-order valence-electron chi connectivity index (χ2n) is 7.94. The second-order valence-corrected chi connectivity index (χ2v) is 8.38. The summed E-state index contributed by atoms with van der Waals surface area (Å²) in [5.41, 5.74) is 3.69. The molecule has 28 heavy (non-hydrogen) atoms. The zero-order valence-electron chi connectivity index (χ0n) is 16.6.